The molecular formula is C15H16N6O2S. The Morgan fingerprint density at radius 2 is 2.12 bits per heavy atom. The summed E-state index contributed by atoms with van der Waals surface area (Å²) in [6.45, 7) is 3.99. The van der Waals surface area contributed by atoms with Gasteiger partial charge in [0.25, 0.3) is 4.96 Å². The number of fused-ring (bicyclic) bond motifs is 1. The van der Waals surface area contributed by atoms with E-state index < -0.39 is 0 Å². The molecule has 3 aromatic heterocycles. The third-order valence-electron chi connectivity index (χ3n) is 4.19. The Morgan fingerprint density at radius 1 is 1.29 bits per heavy atom. The predicted octanol–water partition coefficient (Wildman–Crippen LogP) is 2.02. The van der Waals surface area contributed by atoms with Gasteiger partial charge in [-0.3, -0.25) is 9.88 Å². The lowest BCUT2D eigenvalue weighted by atomic mass is 10.2. The van der Waals surface area contributed by atoms with Crippen LogP contribution in [0.4, 0.5) is 11.6 Å². The minimum atomic E-state index is -0.343. The molecule has 0 N–H and O–H groups in total. The fourth-order valence-corrected chi connectivity index (χ4v) is 3.72. The lowest BCUT2D eigenvalue weighted by molar-refractivity contribution is -0.389. The maximum absolute atomic E-state index is 11.4. The Labute approximate surface area is 142 Å². The smallest absolute Gasteiger partial charge is 0.358 e. The van der Waals surface area contributed by atoms with E-state index in [9.17, 15) is 10.1 Å². The maximum Gasteiger partial charge on any atom is 0.373 e. The van der Waals surface area contributed by atoms with E-state index in [1.165, 1.54) is 16.9 Å². The Hall–Kier alpha value is -2.52. The monoisotopic (exact) mass is 344 g/mol. The third-order valence-corrected chi connectivity index (χ3v) is 4.95. The number of imidazole rings is 1. The first-order valence-corrected chi connectivity index (χ1v) is 8.56. The van der Waals surface area contributed by atoms with Crippen LogP contribution in [0, 0.1) is 10.1 Å². The minimum Gasteiger partial charge on any atom is -0.358 e. The van der Waals surface area contributed by atoms with Crippen molar-refractivity contribution in [2.75, 3.05) is 31.1 Å². The van der Waals surface area contributed by atoms with Crippen molar-refractivity contribution < 1.29 is 4.92 Å². The second kappa shape index (κ2) is 6.17. The number of anilines is 1. The lowest BCUT2D eigenvalue weighted by Gasteiger charge is -2.34. The van der Waals surface area contributed by atoms with Gasteiger partial charge < -0.3 is 15.0 Å². The second-order valence-electron chi connectivity index (χ2n) is 5.70. The SMILES string of the molecule is O=[N+]([O-])c1c(N2CCN(Cc3cccnc3)CC2)nc2sccn12. The molecule has 1 fully saturated rings. The molecule has 3 aromatic rings. The largest absolute Gasteiger partial charge is 0.373 e. The zero-order valence-electron chi connectivity index (χ0n) is 12.9. The van der Waals surface area contributed by atoms with E-state index in [4.69, 9.17) is 0 Å². The Morgan fingerprint density at radius 3 is 2.83 bits per heavy atom. The summed E-state index contributed by atoms with van der Waals surface area (Å²) in [6, 6.07) is 4.00. The number of hydrogen-bond donors (Lipinski definition) is 0. The van der Waals surface area contributed by atoms with Crippen molar-refractivity contribution in [3.63, 3.8) is 0 Å². The van der Waals surface area contributed by atoms with Gasteiger partial charge in [0.1, 0.15) is 6.20 Å². The maximum atomic E-state index is 11.4. The first kappa shape index (κ1) is 15.0. The molecule has 0 atom stereocenters. The van der Waals surface area contributed by atoms with E-state index in [0.717, 1.165) is 32.7 Å². The Bertz CT molecular complexity index is 853. The molecule has 1 aliphatic heterocycles. The molecule has 1 aliphatic rings. The van der Waals surface area contributed by atoms with E-state index >= 15 is 0 Å². The highest BCUT2D eigenvalue weighted by Crippen LogP contribution is 2.31. The summed E-state index contributed by atoms with van der Waals surface area (Å²) in [4.78, 5) is 24.7. The summed E-state index contributed by atoms with van der Waals surface area (Å²) in [5.74, 6) is 0.542. The zero-order chi connectivity index (χ0) is 16.5. The molecule has 0 saturated carbocycles. The van der Waals surface area contributed by atoms with Crippen molar-refractivity contribution in [2.24, 2.45) is 0 Å². The summed E-state index contributed by atoms with van der Waals surface area (Å²) in [6.07, 6.45) is 5.35. The number of nitro groups is 1. The van der Waals surface area contributed by atoms with Gasteiger partial charge in [-0.25, -0.2) is 0 Å². The molecule has 1 saturated heterocycles. The molecule has 4 rings (SSSR count). The summed E-state index contributed by atoms with van der Waals surface area (Å²) in [7, 11) is 0. The third kappa shape index (κ3) is 2.72. The fraction of sp³-hybridized carbons (Fsp3) is 0.333. The summed E-state index contributed by atoms with van der Waals surface area (Å²) < 4.78 is 1.56. The summed E-state index contributed by atoms with van der Waals surface area (Å²) in [5, 5.41) is 13.3. The van der Waals surface area contributed by atoms with E-state index in [-0.39, 0.29) is 10.7 Å². The number of aromatic nitrogens is 3. The molecule has 0 unspecified atom stereocenters. The van der Waals surface area contributed by atoms with Crippen LogP contribution in [0.1, 0.15) is 5.56 Å². The van der Waals surface area contributed by atoms with Crippen LogP contribution in [0.2, 0.25) is 0 Å². The van der Waals surface area contributed by atoms with Crippen molar-refractivity contribution >= 4 is 27.9 Å². The number of thiazole rings is 1. The highest BCUT2D eigenvalue weighted by Gasteiger charge is 2.29. The van der Waals surface area contributed by atoms with Crippen molar-refractivity contribution in [2.45, 2.75) is 6.54 Å². The topological polar surface area (TPSA) is 79.8 Å². The second-order valence-corrected chi connectivity index (χ2v) is 6.57. The molecule has 0 amide bonds. The summed E-state index contributed by atoms with van der Waals surface area (Å²) >= 11 is 1.41. The molecular weight excluding hydrogens is 328 g/mol. The average molecular weight is 344 g/mol. The molecule has 24 heavy (non-hydrogen) atoms. The molecule has 0 aliphatic carbocycles. The molecule has 8 nitrogen and oxygen atoms in total. The number of pyridine rings is 1. The number of rotatable bonds is 4. The van der Waals surface area contributed by atoms with Crippen LogP contribution in [0.3, 0.4) is 0 Å². The number of piperazine rings is 1. The van der Waals surface area contributed by atoms with Gasteiger partial charge in [-0.1, -0.05) is 17.4 Å². The standard InChI is InChI=1S/C15H16N6O2S/c22-21(23)14-13(17-15-20(14)8-9-24-15)19-6-4-18(5-7-19)11-12-2-1-3-16-10-12/h1-3,8-10H,4-7,11H2. The van der Waals surface area contributed by atoms with Crippen LogP contribution in [0.25, 0.3) is 4.96 Å². The van der Waals surface area contributed by atoms with E-state index in [1.807, 2.05) is 22.5 Å². The lowest BCUT2D eigenvalue weighted by Crippen LogP contribution is -2.46. The van der Waals surface area contributed by atoms with Gasteiger partial charge in [0.05, 0.1) is 0 Å². The molecule has 4 heterocycles. The van der Waals surface area contributed by atoms with Gasteiger partial charge in [0, 0.05) is 50.5 Å². The van der Waals surface area contributed by atoms with Crippen LogP contribution in [0.15, 0.2) is 36.1 Å². The first-order chi connectivity index (χ1) is 11.7. The average Bonchev–Trinajstić information content (AvgIpc) is 3.17. The van der Waals surface area contributed by atoms with Crippen LogP contribution >= 0.6 is 11.3 Å². The molecule has 0 bridgehead atoms. The number of nitrogens with zero attached hydrogens (tertiary/aromatic N) is 6. The molecule has 0 aromatic carbocycles. The highest BCUT2D eigenvalue weighted by molar-refractivity contribution is 7.15. The van der Waals surface area contributed by atoms with Crippen molar-refractivity contribution in [3.8, 4) is 0 Å². The molecule has 0 spiro atoms. The van der Waals surface area contributed by atoms with Gasteiger partial charge in [-0.15, -0.1) is 0 Å². The van der Waals surface area contributed by atoms with E-state index in [1.54, 1.807) is 16.8 Å². The predicted molar refractivity (Wildman–Crippen MR) is 91.5 cm³/mol. The van der Waals surface area contributed by atoms with Crippen LogP contribution in [-0.4, -0.2) is 50.4 Å². The molecule has 0 radical (unpaired) electrons. The van der Waals surface area contributed by atoms with Gasteiger partial charge in [0.2, 0.25) is 5.82 Å². The highest BCUT2D eigenvalue weighted by atomic mass is 32.1. The Balaban J connectivity index is 1.49. The molecule has 124 valence electrons. The number of hydrogen-bond acceptors (Lipinski definition) is 7. The fourth-order valence-electron chi connectivity index (χ4n) is 3.01. The van der Waals surface area contributed by atoms with Crippen molar-refractivity contribution in [1.82, 2.24) is 19.3 Å². The quantitative estimate of drug-likeness (QED) is 0.532. The Kier molecular flexibility index (Phi) is 3.87. The van der Waals surface area contributed by atoms with Gasteiger partial charge in [-0.05, 0) is 16.6 Å². The van der Waals surface area contributed by atoms with Crippen LogP contribution < -0.4 is 4.90 Å². The summed E-state index contributed by atoms with van der Waals surface area (Å²) in [5.41, 5.74) is 1.18. The van der Waals surface area contributed by atoms with Crippen molar-refractivity contribution in [3.05, 3.63) is 51.8 Å². The first-order valence-electron chi connectivity index (χ1n) is 7.68. The normalized spacial score (nSPS) is 15.9. The van der Waals surface area contributed by atoms with E-state index in [2.05, 4.69) is 20.9 Å². The zero-order valence-corrected chi connectivity index (χ0v) is 13.7. The van der Waals surface area contributed by atoms with E-state index in [0.29, 0.717) is 10.8 Å². The van der Waals surface area contributed by atoms with Gasteiger partial charge in [0.15, 0.2) is 0 Å². The van der Waals surface area contributed by atoms with Crippen LogP contribution in [-0.2, 0) is 6.54 Å². The minimum absolute atomic E-state index is 0.0620. The van der Waals surface area contributed by atoms with Crippen molar-refractivity contribution in [1.29, 1.82) is 0 Å². The molecule has 9 heteroatoms. The van der Waals surface area contributed by atoms with Gasteiger partial charge in [-0.2, -0.15) is 9.38 Å². The van der Waals surface area contributed by atoms with Gasteiger partial charge >= 0.3 is 5.82 Å². The van der Waals surface area contributed by atoms with Crippen LogP contribution in [0.5, 0.6) is 0 Å².